The average molecular weight is 426 g/mol. The zero-order chi connectivity index (χ0) is 20.1. The van der Waals surface area contributed by atoms with Crippen molar-refractivity contribution in [3.63, 3.8) is 0 Å². The monoisotopic (exact) mass is 425 g/mol. The Bertz CT molecular complexity index is 751. The number of piperidine rings is 1. The predicted molar refractivity (Wildman–Crippen MR) is 115 cm³/mol. The smallest absolute Gasteiger partial charge is 0.240 e. The third-order valence-electron chi connectivity index (χ3n) is 5.59. The van der Waals surface area contributed by atoms with Crippen LogP contribution in [-0.4, -0.2) is 56.4 Å². The summed E-state index contributed by atoms with van der Waals surface area (Å²) in [6.07, 6.45) is 3.38. The topological polar surface area (TPSA) is 78.5 Å². The summed E-state index contributed by atoms with van der Waals surface area (Å²) in [5.41, 5.74) is 0.607. The number of thioether (sulfide) groups is 1. The lowest BCUT2D eigenvalue weighted by molar-refractivity contribution is -0.118. The van der Waals surface area contributed by atoms with Gasteiger partial charge >= 0.3 is 0 Å². The number of nitrogens with one attached hydrogen (secondary N) is 2. The van der Waals surface area contributed by atoms with Crippen molar-refractivity contribution < 1.29 is 13.2 Å². The number of carbonyl (C=O) groups excluding carboxylic acids is 1. The number of anilines is 1. The molecule has 0 spiro atoms. The van der Waals surface area contributed by atoms with Crippen molar-refractivity contribution in [2.45, 2.75) is 44.0 Å². The molecule has 2 saturated heterocycles. The Morgan fingerprint density at radius 1 is 1.18 bits per heavy atom. The number of likely N-dealkylation sites (tertiary alicyclic amines) is 1. The quantitative estimate of drug-likeness (QED) is 0.702. The summed E-state index contributed by atoms with van der Waals surface area (Å²) in [5, 5.41) is 2.77. The van der Waals surface area contributed by atoms with Gasteiger partial charge in [0.1, 0.15) is 0 Å². The van der Waals surface area contributed by atoms with Gasteiger partial charge in [0.15, 0.2) is 0 Å². The largest absolute Gasteiger partial charge is 0.326 e. The minimum atomic E-state index is -3.53. The molecule has 2 fully saturated rings. The Hall–Kier alpha value is -1.09. The van der Waals surface area contributed by atoms with E-state index in [9.17, 15) is 13.2 Å². The fraction of sp³-hybridized carbons (Fsp3) is 0.650. The van der Waals surface area contributed by atoms with Gasteiger partial charge in [-0.2, -0.15) is 11.8 Å². The standard InChI is InChI=1S/C20H31N3O3S2/c1-15(2)20(24)22-17-3-5-19(6-4-17)28(25,26)21-13-16-7-10-23(11-8-16)18-9-12-27-14-18/h3-6,15-16,18,21H,7-14H2,1-2H3,(H,22,24). The lowest BCUT2D eigenvalue weighted by Gasteiger charge is -2.35. The van der Waals surface area contributed by atoms with Crippen molar-refractivity contribution in [1.82, 2.24) is 9.62 Å². The van der Waals surface area contributed by atoms with Crippen LogP contribution in [0.25, 0.3) is 0 Å². The molecule has 2 N–H and O–H groups in total. The molecular formula is C20H31N3O3S2. The van der Waals surface area contributed by atoms with E-state index in [4.69, 9.17) is 0 Å². The summed E-state index contributed by atoms with van der Waals surface area (Å²) < 4.78 is 27.9. The Morgan fingerprint density at radius 3 is 2.43 bits per heavy atom. The summed E-state index contributed by atoms with van der Waals surface area (Å²) in [6.45, 7) is 6.26. The molecule has 2 heterocycles. The summed E-state index contributed by atoms with van der Waals surface area (Å²) in [4.78, 5) is 14.5. The summed E-state index contributed by atoms with van der Waals surface area (Å²) in [7, 11) is -3.53. The molecule has 156 valence electrons. The molecule has 1 aromatic rings. The molecule has 2 aliphatic heterocycles. The fourth-order valence-electron chi connectivity index (χ4n) is 3.65. The van der Waals surface area contributed by atoms with Crippen LogP contribution in [0.1, 0.15) is 33.1 Å². The first-order valence-electron chi connectivity index (χ1n) is 10.1. The zero-order valence-electron chi connectivity index (χ0n) is 16.7. The first-order chi connectivity index (χ1) is 13.3. The molecule has 0 radical (unpaired) electrons. The third-order valence-corrected chi connectivity index (χ3v) is 8.17. The number of carbonyl (C=O) groups is 1. The molecule has 3 rings (SSSR count). The molecule has 0 bridgehead atoms. The van der Waals surface area contributed by atoms with Crippen molar-refractivity contribution >= 4 is 33.4 Å². The summed E-state index contributed by atoms with van der Waals surface area (Å²) in [6, 6.07) is 7.06. The highest BCUT2D eigenvalue weighted by atomic mass is 32.2. The highest BCUT2D eigenvalue weighted by Crippen LogP contribution is 2.27. The van der Waals surface area contributed by atoms with E-state index in [0.29, 0.717) is 18.2 Å². The van der Waals surface area contributed by atoms with Gasteiger partial charge in [-0.25, -0.2) is 13.1 Å². The number of sulfonamides is 1. The normalized spacial score (nSPS) is 21.9. The highest BCUT2D eigenvalue weighted by Gasteiger charge is 2.28. The van der Waals surface area contributed by atoms with Crippen LogP contribution in [0, 0.1) is 11.8 Å². The lowest BCUT2D eigenvalue weighted by atomic mass is 9.96. The van der Waals surface area contributed by atoms with Crippen LogP contribution >= 0.6 is 11.8 Å². The minimum Gasteiger partial charge on any atom is -0.326 e. The third kappa shape index (κ3) is 5.72. The van der Waals surface area contributed by atoms with E-state index in [1.54, 1.807) is 24.3 Å². The second-order valence-corrected chi connectivity index (χ2v) is 10.9. The second-order valence-electron chi connectivity index (χ2n) is 8.02. The van der Waals surface area contributed by atoms with Gasteiger partial charge in [-0.15, -0.1) is 0 Å². The van der Waals surface area contributed by atoms with E-state index >= 15 is 0 Å². The number of rotatable bonds is 7. The fourth-order valence-corrected chi connectivity index (χ4v) is 6.02. The van der Waals surface area contributed by atoms with Crippen molar-refractivity contribution in [3.05, 3.63) is 24.3 Å². The van der Waals surface area contributed by atoms with Crippen molar-refractivity contribution in [3.8, 4) is 0 Å². The van der Waals surface area contributed by atoms with E-state index in [1.165, 1.54) is 17.9 Å². The van der Waals surface area contributed by atoms with Crippen molar-refractivity contribution in [2.75, 3.05) is 36.5 Å². The van der Waals surface area contributed by atoms with Gasteiger partial charge in [-0.1, -0.05) is 13.8 Å². The molecule has 0 aliphatic carbocycles. The number of benzene rings is 1. The number of amides is 1. The van der Waals surface area contributed by atoms with Gasteiger partial charge in [0.25, 0.3) is 0 Å². The number of nitrogens with zero attached hydrogens (tertiary/aromatic N) is 1. The Balaban J connectivity index is 1.48. The van der Waals surface area contributed by atoms with Crippen LogP contribution in [0.4, 0.5) is 5.69 Å². The first-order valence-corrected chi connectivity index (χ1v) is 12.7. The van der Waals surface area contributed by atoms with Crippen molar-refractivity contribution in [2.24, 2.45) is 11.8 Å². The maximum Gasteiger partial charge on any atom is 0.240 e. The molecule has 2 aliphatic rings. The summed E-state index contributed by atoms with van der Waals surface area (Å²) in [5.74, 6) is 2.69. The number of hydrogen-bond acceptors (Lipinski definition) is 5. The molecule has 1 amide bonds. The molecule has 0 aromatic heterocycles. The van der Waals surface area contributed by atoms with Gasteiger partial charge in [0, 0.05) is 29.9 Å². The lowest BCUT2D eigenvalue weighted by Crippen LogP contribution is -2.43. The van der Waals surface area contributed by atoms with E-state index in [0.717, 1.165) is 32.0 Å². The van der Waals surface area contributed by atoms with Crippen LogP contribution in [0.3, 0.4) is 0 Å². The molecule has 8 heteroatoms. The van der Waals surface area contributed by atoms with Gasteiger partial charge < -0.3 is 5.32 Å². The van der Waals surface area contributed by atoms with Crippen molar-refractivity contribution in [1.29, 1.82) is 0 Å². The van der Waals surface area contributed by atoms with E-state index in [2.05, 4.69) is 14.9 Å². The maximum atomic E-state index is 12.6. The molecular weight excluding hydrogens is 394 g/mol. The average Bonchev–Trinajstić information content (AvgIpc) is 3.22. The molecule has 0 saturated carbocycles. The van der Waals surface area contributed by atoms with Crippen LogP contribution < -0.4 is 10.0 Å². The second kappa shape index (κ2) is 9.61. The molecule has 1 aromatic carbocycles. The first kappa shape index (κ1) is 21.6. The van der Waals surface area contributed by atoms with Gasteiger partial charge in [-0.3, -0.25) is 9.69 Å². The maximum absolute atomic E-state index is 12.6. The highest BCUT2D eigenvalue weighted by molar-refractivity contribution is 7.99. The molecule has 6 nitrogen and oxygen atoms in total. The predicted octanol–water partition coefficient (Wildman–Crippen LogP) is 2.78. The van der Waals surface area contributed by atoms with E-state index in [-0.39, 0.29) is 16.7 Å². The Morgan fingerprint density at radius 2 is 1.86 bits per heavy atom. The van der Waals surface area contributed by atoms with Gasteiger partial charge in [0.2, 0.25) is 15.9 Å². The number of hydrogen-bond donors (Lipinski definition) is 2. The van der Waals surface area contributed by atoms with Crippen LogP contribution in [0.2, 0.25) is 0 Å². The Labute approximate surface area is 172 Å². The van der Waals surface area contributed by atoms with Gasteiger partial charge in [-0.05, 0) is 68.3 Å². The van der Waals surface area contributed by atoms with Crippen LogP contribution in [-0.2, 0) is 14.8 Å². The Kier molecular flexibility index (Phi) is 7.42. The SMILES string of the molecule is CC(C)C(=O)Nc1ccc(S(=O)(=O)NCC2CCN(C3CCSC3)CC2)cc1. The van der Waals surface area contributed by atoms with Crippen LogP contribution in [0.15, 0.2) is 29.2 Å². The van der Waals surface area contributed by atoms with E-state index in [1.807, 2.05) is 25.6 Å². The molecule has 1 unspecified atom stereocenters. The minimum absolute atomic E-state index is 0.0868. The molecule has 28 heavy (non-hydrogen) atoms. The molecule has 1 atom stereocenters. The van der Waals surface area contributed by atoms with Crippen LogP contribution in [0.5, 0.6) is 0 Å². The summed E-state index contributed by atoms with van der Waals surface area (Å²) >= 11 is 2.04. The van der Waals surface area contributed by atoms with E-state index < -0.39 is 10.0 Å². The van der Waals surface area contributed by atoms with Gasteiger partial charge in [0.05, 0.1) is 4.90 Å². The zero-order valence-corrected chi connectivity index (χ0v) is 18.3.